The summed E-state index contributed by atoms with van der Waals surface area (Å²) in [6.07, 6.45) is 0.577. The second-order valence-corrected chi connectivity index (χ2v) is 7.69. The zero-order valence-electron chi connectivity index (χ0n) is 14.4. The molecule has 4 nitrogen and oxygen atoms in total. The highest BCUT2D eigenvalue weighted by molar-refractivity contribution is 7.80. The highest BCUT2D eigenvalue weighted by atomic mass is 35.5. The lowest BCUT2D eigenvalue weighted by Crippen LogP contribution is -2.42. The van der Waals surface area contributed by atoms with Crippen molar-refractivity contribution in [2.75, 3.05) is 4.90 Å². The Labute approximate surface area is 165 Å². The number of hydrogen-bond donors (Lipinski definition) is 1. The third-order valence-corrected chi connectivity index (χ3v) is 6.18. The van der Waals surface area contributed by atoms with Crippen molar-refractivity contribution < 1.29 is 9.18 Å². The topological polar surface area (TPSA) is 39.3 Å². The van der Waals surface area contributed by atoms with Gasteiger partial charge in [0.2, 0.25) is 0 Å². The molecule has 136 valence electrons. The summed E-state index contributed by atoms with van der Waals surface area (Å²) in [4.78, 5) is 20.1. The van der Waals surface area contributed by atoms with E-state index in [9.17, 15) is 9.18 Å². The molecule has 2 aliphatic rings. The van der Waals surface area contributed by atoms with Crippen molar-refractivity contribution in [3.8, 4) is 0 Å². The van der Waals surface area contributed by atoms with E-state index in [2.05, 4.69) is 11.1 Å². The number of amides is 1. The first kappa shape index (κ1) is 16.7. The minimum Gasteiger partial charge on any atom is -0.356 e. The first-order valence-electron chi connectivity index (χ1n) is 8.68. The van der Waals surface area contributed by atoms with E-state index in [1.165, 1.54) is 23.1 Å². The monoisotopic (exact) mass is 399 g/mol. The van der Waals surface area contributed by atoms with Gasteiger partial charge in [-0.1, -0.05) is 29.8 Å². The number of carbonyl (C=O) groups is 1. The summed E-state index contributed by atoms with van der Waals surface area (Å²) in [5, 5.41) is 1.53. The number of hydrogen-bond acceptors (Lipinski definition) is 2. The second-order valence-electron chi connectivity index (χ2n) is 6.92. The van der Waals surface area contributed by atoms with Gasteiger partial charge >= 0.3 is 0 Å². The van der Waals surface area contributed by atoms with Crippen molar-refractivity contribution >= 4 is 51.4 Å². The molecule has 2 aromatic carbocycles. The van der Waals surface area contributed by atoms with Gasteiger partial charge in [-0.3, -0.25) is 9.69 Å². The number of thiocarbonyl (C=S) groups is 1. The lowest BCUT2D eigenvalue weighted by Gasteiger charge is -2.34. The molecule has 3 heterocycles. The highest BCUT2D eigenvalue weighted by Crippen LogP contribution is 2.42. The molecule has 27 heavy (non-hydrogen) atoms. The number of para-hydroxylation sites is 1. The van der Waals surface area contributed by atoms with Gasteiger partial charge in [-0.05, 0) is 49.0 Å². The van der Waals surface area contributed by atoms with E-state index in [1.807, 2.05) is 30.0 Å². The lowest BCUT2D eigenvalue weighted by atomic mass is 9.93. The Kier molecular flexibility index (Phi) is 3.58. The fourth-order valence-corrected chi connectivity index (χ4v) is 4.88. The van der Waals surface area contributed by atoms with Crippen LogP contribution in [0.2, 0.25) is 5.02 Å². The molecule has 1 saturated heterocycles. The first-order valence-corrected chi connectivity index (χ1v) is 9.47. The third kappa shape index (κ3) is 2.26. The number of benzene rings is 2. The summed E-state index contributed by atoms with van der Waals surface area (Å²) in [6, 6.07) is 11.9. The second kappa shape index (κ2) is 5.78. The van der Waals surface area contributed by atoms with Crippen LogP contribution in [0.3, 0.4) is 0 Å². The molecule has 0 aliphatic carbocycles. The maximum atomic E-state index is 13.5. The van der Waals surface area contributed by atoms with Crippen LogP contribution >= 0.6 is 23.8 Å². The lowest BCUT2D eigenvalue weighted by molar-refractivity contribution is -0.120. The van der Waals surface area contributed by atoms with Gasteiger partial charge in [0.05, 0.1) is 16.8 Å². The van der Waals surface area contributed by atoms with Crippen LogP contribution in [0, 0.1) is 5.82 Å². The van der Waals surface area contributed by atoms with Gasteiger partial charge < -0.3 is 9.88 Å². The Hall–Kier alpha value is -2.44. The van der Waals surface area contributed by atoms with Crippen LogP contribution in [-0.4, -0.2) is 26.9 Å². The molecule has 5 rings (SSSR count). The van der Waals surface area contributed by atoms with Gasteiger partial charge in [0.15, 0.2) is 5.11 Å². The van der Waals surface area contributed by atoms with Crippen LogP contribution in [0.15, 0.2) is 42.5 Å². The van der Waals surface area contributed by atoms with E-state index in [0.29, 0.717) is 17.2 Å². The van der Waals surface area contributed by atoms with Crippen molar-refractivity contribution in [2.24, 2.45) is 0 Å². The molecule has 2 aliphatic heterocycles. The largest absolute Gasteiger partial charge is 0.356 e. The van der Waals surface area contributed by atoms with Crippen LogP contribution in [0.25, 0.3) is 10.9 Å². The molecule has 1 amide bonds. The number of anilines is 1. The molecule has 0 saturated carbocycles. The average molecular weight is 400 g/mol. The van der Waals surface area contributed by atoms with Gasteiger partial charge in [0.1, 0.15) is 11.9 Å². The number of H-pyrrole nitrogens is 1. The van der Waals surface area contributed by atoms with Crippen LogP contribution < -0.4 is 4.90 Å². The van der Waals surface area contributed by atoms with Gasteiger partial charge in [0, 0.05) is 23.0 Å². The maximum Gasteiger partial charge on any atom is 0.256 e. The molecule has 0 bridgehead atoms. The standard InChI is InChI=1S/C20H15ClFN3OS/c1-10-18-13(12-4-2-3-5-16(12)23-18)9-17-19(26)25(20(27)24(10)17)11-6-7-15(22)14(21)8-11/h2-8,10,17,23H,9H2,1H3/t10-,17+/m0/s1. The predicted molar refractivity (Wildman–Crippen MR) is 108 cm³/mol. The van der Waals surface area contributed by atoms with Crippen molar-refractivity contribution in [2.45, 2.75) is 25.4 Å². The minimum atomic E-state index is -0.523. The molecule has 2 atom stereocenters. The van der Waals surface area contributed by atoms with Gasteiger partial charge in [-0.15, -0.1) is 0 Å². The Morgan fingerprint density at radius 2 is 2.04 bits per heavy atom. The molecule has 0 unspecified atom stereocenters. The molecule has 0 spiro atoms. The summed E-state index contributed by atoms with van der Waals surface area (Å²) in [7, 11) is 0. The minimum absolute atomic E-state index is 0.0303. The summed E-state index contributed by atoms with van der Waals surface area (Å²) in [6.45, 7) is 2.04. The van der Waals surface area contributed by atoms with Crippen LogP contribution in [-0.2, 0) is 11.2 Å². The van der Waals surface area contributed by atoms with Crippen molar-refractivity contribution in [3.05, 3.63) is 64.6 Å². The number of rotatable bonds is 1. The highest BCUT2D eigenvalue weighted by Gasteiger charge is 2.49. The predicted octanol–water partition coefficient (Wildman–Crippen LogP) is 4.58. The normalized spacial score (nSPS) is 21.7. The summed E-state index contributed by atoms with van der Waals surface area (Å²) in [5.74, 6) is -0.629. The third-order valence-electron chi connectivity index (χ3n) is 5.49. The van der Waals surface area contributed by atoms with Crippen molar-refractivity contribution in [1.82, 2.24) is 9.88 Å². The van der Waals surface area contributed by atoms with Crippen LogP contribution in [0.4, 0.5) is 10.1 Å². The molecule has 1 fully saturated rings. The zero-order chi connectivity index (χ0) is 18.9. The Bertz CT molecular complexity index is 1130. The summed E-state index contributed by atoms with van der Waals surface area (Å²) in [5.41, 5.74) is 3.80. The summed E-state index contributed by atoms with van der Waals surface area (Å²) < 4.78 is 13.5. The van der Waals surface area contributed by atoms with Crippen molar-refractivity contribution in [3.63, 3.8) is 0 Å². The van der Waals surface area contributed by atoms with E-state index in [0.717, 1.165) is 22.2 Å². The maximum absolute atomic E-state index is 13.5. The fourth-order valence-electron chi connectivity index (χ4n) is 4.22. The number of halogens is 2. The molecule has 7 heteroatoms. The fraction of sp³-hybridized carbons (Fsp3) is 0.200. The van der Waals surface area contributed by atoms with E-state index >= 15 is 0 Å². The van der Waals surface area contributed by atoms with E-state index < -0.39 is 5.82 Å². The van der Waals surface area contributed by atoms with Gasteiger partial charge in [-0.25, -0.2) is 4.39 Å². The SMILES string of the molecule is C[C@H]1c2[nH]c3ccccc3c2C[C@@H]2C(=O)N(c3ccc(F)c(Cl)c3)C(=S)N21. The van der Waals surface area contributed by atoms with Crippen LogP contribution in [0.1, 0.15) is 24.2 Å². The van der Waals surface area contributed by atoms with Crippen LogP contribution in [0.5, 0.6) is 0 Å². The summed E-state index contributed by atoms with van der Waals surface area (Å²) >= 11 is 11.6. The average Bonchev–Trinajstić information content (AvgIpc) is 3.14. The van der Waals surface area contributed by atoms with Crippen molar-refractivity contribution in [1.29, 1.82) is 0 Å². The van der Waals surface area contributed by atoms with E-state index in [-0.39, 0.29) is 23.0 Å². The number of carbonyl (C=O) groups excluding carboxylic acids is 1. The first-order chi connectivity index (χ1) is 13.0. The quantitative estimate of drug-likeness (QED) is 0.609. The molecule has 0 radical (unpaired) electrons. The Balaban J connectivity index is 1.60. The molecule has 1 aromatic heterocycles. The van der Waals surface area contributed by atoms with Gasteiger partial charge in [-0.2, -0.15) is 0 Å². The number of nitrogens with zero attached hydrogens (tertiary/aromatic N) is 2. The van der Waals surface area contributed by atoms with Gasteiger partial charge in [0.25, 0.3) is 5.91 Å². The smallest absolute Gasteiger partial charge is 0.256 e. The number of aromatic amines is 1. The number of aromatic nitrogens is 1. The molecular formula is C20H15ClFN3OS. The van der Waals surface area contributed by atoms with E-state index in [4.69, 9.17) is 23.8 Å². The number of fused-ring (bicyclic) bond motifs is 4. The zero-order valence-corrected chi connectivity index (χ0v) is 15.9. The molecule has 1 N–H and O–H groups in total. The number of nitrogens with one attached hydrogen (secondary N) is 1. The molecule has 3 aromatic rings. The Morgan fingerprint density at radius 1 is 1.26 bits per heavy atom. The Morgan fingerprint density at radius 3 is 2.81 bits per heavy atom. The van der Waals surface area contributed by atoms with E-state index in [1.54, 1.807) is 0 Å². The molecular weight excluding hydrogens is 385 g/mol.